The van der Waals surface area contributed by atoms with E-state index in [9.17, 15) is 9.59 Å². The van der Waals surface area contributed by atoms with Gasteiger partial charge in [-0.2, -0.15) is 0 Å². The minimum absolute atomic E-state index is 0.0688. The number of aromatic amines is 1. The lowest BCUT2D eigenvalue weighted by Gasteiger charge is -2.06. The third-order valence-electron chi connectivity index (χ3n) is 3.07. The van der Waals surface area contributed by atoms with Gasteiger partial charge in [0.2, 0.25) is 0 Å². The Kier molecular flexibility index (Phi) is 4.39. The fraction of sp³-hybridized carbons (Fsp3) is 0.200. The number of aromatic nitrogens is 1. The van der Waals surface area contributed by atoms with Crippen molar-refractivity contribution in [3.8, 4) is 0 Å². The van der Waals surface area contributed by atoms with Gasteiger partial charge in [-0.25, -0.2) is 4.79 Å². The zero-order chi connectivity index (χ0) is 15.4. The fourth-order valence-corrected chi connectivity index (χ4v) is 2.01. The number of benzene rings is 1. The van der Waals surface area contributed by atoms with Crippen LogP contribution in [0.5, 0.6) is 0 Å². The van der Waals surface area contributed by atoms with Crippen LogP contribution in [0.4, 0.5) is 5.69 Å². The highest BCUT2D eigenvalue weighted by Gasteiger charge is 2.17. The number of carboxylic acid groups (broad SMARTS) is 1. The summed E-state index contributed by atoms with van der Waals surface area (Å²) < 4.78 is 5.00. The number of hydrogen-bond acceptors (Lipinski definition) is 3. The Morgan fingerprint density at radius 2 is 1.95 bits per heavy atom. The molecule has 0 aliphatic heterocycles. The standard InChI is InChI=1S/C15H16N2O4/c1-9-13(15(19)20)12(7-16-9)17-14(18)11-5-3-10(4-6-11)8-21-2/h3-7,16H,8H2,1-2H3,(H,17,18)(H,19,20). The zero-order valence-electron chi connectivity index (χ0n) is 11.8. The molecule has 3 N–H and O–H groups in total. The molecular formula is C15H16N2O4. The first-order valence-corrected chi connectivity index (χ1v) is 6.33. The quantitative estimate of drug-likeness (QED) is 0.788. The van der Waals surface area contributed by atoms with Gasteiger partial charge >= 0.3 is 5.97 Å². The van der Waals surface area contributed by atoms with Crippen molar-refractivity contribution in [2.45, 2.75) is 13.5 Å². The third-order valence-corrected chi connectivity index (χ3v) is 3.07. The molecule has 1 aromatic heterocycles. The minimum Gasteiger partial charge on any atom is -0.478 e. The summed E-state index contributed by atoms with van der Waals surface area (Å²) in [5.41, 5.74) is 2.22. The number of carbonyl (C=O) groups is 2. The van der Waals surface area contributed by atoms with Gasteiger partial charge in [-0.3, -0.25) is 4.79 Å². The summed E-state index contributed by atoms with van der Waals surface area (Å²) in [5, 5.41) is 11.7. The summed E-state index contributed by atoms with van der Waals surface area (Å²) in [4.78, 5) is 26.1. The summed E-state index contributed by atoms with van der Waals surface area (Å²) in [6, 6.07) is 6.92. The van der Waals surface area contributed by atoms with Gasteiger partial charge in [0.05, 0.1) is 12.3 Å². The molecule has 0 fully saturated rings. The van der Waals surface area contributed by atoms with Crippen LogP contribution < -0.4 is 5.32 Å². The average Bonchev–Trinajstić information content (AvgIpc) is 2.81. The van der Waals surface area contributed by atoms with E-state index in [2.05, 4.69) is 10.3 Å². The molecule has 0 aliphatic carbocycles. The maximum atomic E-state index is 12.1. The van der Waals surface area contributed by atoms with Crippen LogP contribution in [0.25, 0.3) is 0 Å². The van der Waals surface area contributed by atoms with Gasteiger partial charge in [-0.05, 0) is 24.6 Å². The molecule has 0 unspecified atom stereocenters. The highest BCUT2D eigenvalue weighted by molar-refractivity contribution is 6.08. The average molecular weight is 288 g/mol. The van der Waals surface area contributed by atoms with Crippen molar-refractivity contribution in [1.29, 1.82) is 0 Å². The van der Waals surface area contributed by atoms with Gasteiger partial charge in [-0.15, -0.1) is 0 Å². The van der Waals surface area contributed by atoms with Crippen LogP contribution in [0.1, 0.15) is 32.0 Å². The molecule has 6 heteroatoms. The van der Waals surface area contributed by atoms with Crippen LogP contribution in [0.15, 0.2) is 30.5 Å². The van der Waals surface area contributed by atoms with E-state index in [1.54, 1.807) is 38.3 Å². The third kappa shape index (κ3) is 3.29. The van der Waals surface area contributed by atoms with Crippen molar-refractivity contribution in [3.63, 3.8) is 0 Å². The number of carbonyl (C=O) groups excluding carboxylic acids is 1. The number of methoxy groups -OCH3 is 1. The normalized spacial score (nSPS) is 10.4. The number of H-pyrrole nitrogens is 1. The predicted octanol–water partition coefficient (Wildman–Crippen LogP) is 2.42. The summed E-state index contributed by atoms with van der Waals surface area (Å²) in [5.74, 6) is -1.44. The van der Waals surface area contributed by atoms with E-state index in [4.69, 9.17) is 9.84 Å². The smallest absolute Gasteiger partial charge is 0.339 e. The summed E-state index contributed by atoms with van der Waals surface area (Å²) in [6.45, 7) is 2.11. The van der Waals surface area contributed by atoms with Crippen LogP contribution in [0.3, 0.4) is 0 Å². The lowest BCUT2D eigenvalue weighted by molar-refractivity contribution is 0.0697. The lowest BCUT2D eigenvalue weighted by atomic mass is 10.1. The molecule has 0 radical (unpaired) electrons. The van der Waals surface area contributed by atoms with Crippen molar-refractivity contribution in [3.05, 3.63) is 52.8 Å². The summed E-state index contributed by atoms with van der Waals surface area (Å²) in [6.07, 6.45) is 1.47. The molecule has 0 saturated heterocycles. The Balaban J connectivity index is 2.16. The van der Waals surface area contributed by atoms with Gasteiger partial charge in [0.1, 0.15) is 5.56 Å². The SMILES string of the molecule is COCc1ccc(C(=O)Nc2c[nH]c(C)c2C(=O)O)cc1. The number of carboxylic acids is 1. The number of rotatable bonds is 5. The van der Waals surface area contributed by atoms with Crippen molar-refractivity contribution in [2.24, 2.45) is 0 Å². The van der Waals surface area contributed by atoms with E-state index in [1.807, 2.05) is 0 Å². The van der Waals surface area contributed by atoms with E-state index >= 15 is 0 Å². The van der Waals surface area contributed by atoms with Gasteiger partial charge in [0.15, 0.2) is 0 Å². The van der Waals surface area contributed by atoms with E-state index in [1.165, 1.54) is 6.20 Å². The molecule has 1 amide bonds. The first kappa shape index (κ1) is 14.8. The topological polar surface area (TPSA) is 91.4 Å². The Morgan fingerprint density at radius 1 is 1.29 bits per heavy atom. The molecule has 1 heterocycles. The maximum absolute atomic E-state index is 12.1. The Bertz CT molecular complexity index is 659. The Morgan fingerprint density at radius 3 is 2.52 bits per heavy atom. The molecule has 110 valence electrons. The molecule has 0 aliphatic rings. The van der Waals surface area contributed by atoms with Crippen LogP contribution >= 0.6 is 0 Å². The molecule has 2 aromatic rings. The van der Waals surface area contributed by atoms with Crippen molar-refractivity contribution >= 4 is 17.6 Å². The molecule has 6 nitrogen and oxygen atoms in total. The molecule has 2 rings (SSSR count). The number of amides is 1. The molecular weight excluding hydrogens is 272 g/mol. The van der Waals surface area contributed by atoms with E-state index in [0.717, 1.165) is 5.56 Å². The number of nitrogens with one attached hydrogen (secondary N) is 2. The molecule has 21 heavy (non-hydrogen) atoms. The number of ether oxygens (including phenoxy) is 1. The number of anilines is 1. The first-order chi connectivity index (χ1) is 10.0. The Hall–Kier alpha value is -2.60. The molecule has 0 spiro atoms. The first-order valence-electron chi connectivity index (χ1n) is 6.33. The van der Waals surface area contributed by atoms with Gasteiger partial charge in [0.25, 0.3) is 5.91 Å². The van der Waals surface area contributed by atoms with Crippen LogP contribution in [0, 0.1) is 6.92 Å². The second-order valence-electron chi connectivity index (χ2n) is 4.59. The van der Waals surface area contributed by atoms with Gasteiger partial charge in [0, 0.05) is 24.6 Å². The maximum Gasteiger partial charge on any atom is 0.339 e. The van der Waals surface area contributed by atoms with E-state index < -0.39 is 5.97 Å². The second kappa shape index (κ2) is 6.23. The monoisotopic (exact) mass is 288 g/mol. The lowest BCUT2D eigenvalue weighted by Crippen LogP contribution is -2.14. The molecule has 1 aromatic carbocycles. The van der Waals surface area contributed by atoms with Gasteiger partial charge in [-0.1, -0.05) is 12.1 Å². The molecule has 0 saturated carbocycles. The molecule has 0 bridgehead atoms. The van der Waals surface area contributed by atoms with E-state index in [0.29, 0.717) is 17.9 Å². The number of aromatic carboxylic acids is 1. The van der Waals surface area contributed by atoms with E-state index in [-0.39, 0.29) is 17.2 Å². The zero-order valence-corrected chi connectivity index (χ0v) is 11.8. The van der Waals surface area contributed by atoms with Crippen LogP contribution in [-0.4, -0.2) is 29.1 Å². The second-order valence-corrected chi connectivity index (χ2v) is 4.59. The summed E-state index contributed by atoms with van der Waals surface area (Å²) in [7, 11) is 1.60. The van der Waals surface area contributed by atoms with Crippen molar-refractivity contribution in [2.75, 3.05) is 12.4 Å². The van der Waals surface area contributed by atoms with Crippen molar-refractivity contribution in [1.82, 2.24) is 4.98 Å². The fourth-order valence-electron chi connectivity index (χ4n) is 2.01. The van der Waals surface area contributed by atoms with Crippen LogP contribution in [0.2, 0.25) is 0 Å². The highest BCUT2D eigenvalue weighted by atomic mass is 16.5. The highest BCUT2D eigenvalue weighted by Crippen LogP contribution is 2.20. The number of aryl methyl sites for hydroxylation is 1. The van der Waals surface area contributed by atoms with Crippen molar-refractivity contribution < 1.29 is 19.4 Å². The predicted molar refractivity (Wildman–Crippen MR) is 77.6 cm³/mol. The number of hydrogen-bond donors (Lipinski definition) is 3. The molecule has 0 atom stereocenters. The minimum atomic E-state index is -1.08. The van der Waals surface area contributed by atoms with Crippen LogP contribution in [-0.2, 0) is 11.3 Å². The Labute approximate surface area is 121 Å². The largest absolute Gasteiger partial charge is 0.478 e. The van der Waals surface area contributed by atoms with Gasteiger partial charge < -0.3 is 20.1 Å². The summed E-state index contributed by atoms with van der Waals surface area (Å²) >= 11 is 0.